The van der Waals surface area contributed by atoms with Crippen molar-refractivity contribution in [3.63, 3.8) is 0 Å². The van der Waals surface area contributed by atoms with Gasteiger partial charge in [0.05, 0.1) is 5.69 Å². The van der Waals surface area contributed by atoms with Gasteiger partial charge in [-0.1, -0.05) is 26.8 Å². The predicted octanol–water partition coefficient (Wildman–Crippen LogP) is 3.03. The van der Waals surface area contributed by atoms with Crippen molar-refractivity contribution in [3.05, 3.63) is 34.1 Å². The van der Waals surface area contributed by atoms with E-state index in [0.29, 0.717) is 0 Å². The van der Waals surface area contributed by atoms with Crippen LogP contribution in [0.1, 0.15) is 32.2 Å². The molecule has 1 aromatic carbocycles. The van der Waals surface area contributed by atoms with Gasteiger partial charge in [-0.2, -0.15) is 4.68 Å². The Morgan fingerprint density at radius 1 is 1.24 bits per heavy atom. The van der Waals surface area contributed by atoms with Gasteiger partial charge in [-0.25, -0.2) is 0 Å². The maximum absolute atomic E-state index is 4.11. The summed E-state index contributed by atoms with van der Waals surface area (Å²) in [4.78, 5) is 0. The van der Waals surface area contributed by atoms with E-state index in [-0.39, 0.29) is 5.41 Å². The van der Waals surface area contributed by atoms with Crippen molar-refractivity contribution in [1.29, 1.82) is 0 Å². The van der Waals surface area contributed by atoms with Crippen LogP contribution in [0.25, 0.3) is 5.69 Å². The standard InChI is InChI=1S/C12H15BrN4/c1-8-5-6-10(9(13)7-8)17-11(12(2,3)4)14-15-16-17/h5-7H,1-4H3. The van der Waals surface area contributed by atoms with Gasteiger partial charge in [0.2, 0.25) is 0 Å². The van der Waals surface area contributed by atoms with E-state index in [1.54, 1.807) is 4.68 Å². The van der Waals surface area contributed by atoms with Crippen molar-refractivity contribution in [2.24, 2.45) is 0 Å². The molecule has 90 valence electrons. The highest BCUT2D eigenvalue weighted by atomic mass is 79.9. The van der Waals surface area contributed by atoms with E-state index in [1.165, 1.54) is 5.56 Å². The van der Waals surface area contributed by atoms with Gasteiger partial charge < -0.3 is 0 Å². The first-order chi connectivity index (χ1) is 7.89. The maximum atomic E-state index is 4.11. The molecule has 0 N–H and O–H groups in total. The number of benzene rings is 1. The summed E-state index contributed by atoms with van der Waals surface area (Å²) in [6, 6.07) is 6.13. The van der Waals surface area contributed by atoms with Gasteiger partial charge in [0.1, 0.15) is 0 Å². The molecule has 0 unspecified atom stereocenters. The second-order valence-corrected chi connectivity index (χ2v) is 5.97. The van der Waals surface area contributed by atoms with Crippen LogP contribution in [0.3, 0.4) is 0 Å². The zero-order valence-corrected chi connectivity index (χ0v) is 12.0. The molecule has 2 rings (SSSR count). The number of aromatic nitrogens is 4. The number of nitrogens with zero attached hydrogens (tertiary/aromatic N) is 4. The molecule has 0 saturated carbocycles. The monoisotopic (exact) mass is 294 g/mol. The Hall–Kier alpha value is -1.23. The molecule has 0 bridgehead atoms. The SMILES string of the molecule is Cc1ccc(-n2nnnc2C(C)(C)C)c(Br)c1. The Morgan fingerprint density at radius 2 is 1.94 bits per heavy atom. The fraction of sp³-hybridized carbons (Fsp3) is 0.417. The molecular weight excluding hydrogens is 280 g/mol. The average Bonchev–Trinajstić information content (AvgIpc) is 2.65. The van der Waals surface area contributed by atoms with E-state index < -0.39 is 0 Å². The number of hydrogen-bond donors (Lipinski definition) is 0. The summed E-state index contributed by atoms with van der Waals surface area (Å²) in [6.45, 7) is 8.34. The summed E-state index contributed by atoms with van der Waals surface area (Å²) >= 11 is 3.55. The molecule has 0 aliphatic heterocycles. The molecule has 0 aliphatic rings. The molecule has 0 radical (unpaired) electrons. The minimum atomic E-state index is -0.0895. The van der Waals surface area contributed by atoms with E-state index in [2.05, 4.69) is 65.2 Å². The molecule has 17 heavy (non-hydrogen) atoms. The third-order valence-corrected chi connectivity index (χ3v) is 3.11. The van der Waals surface area contributed by atoms with Crippen LogP contribution in [-0.2, 0) is 5.41 Å². The van der Waals surface area contributed by atoms with Crippen LogP contribution < -0.4 is 0 Å². The minimum absolute atomic E-state index is 0.0895. The van der Waals surface area contributed by atoms with Crippen LogP contribution in [0.5, 0.6) is 0 Å². The molecular formula is C12H15BrN4. The van der Waals surface area contributed by atoms with Crippen LogP contribution in [0.4, 0.5) is 0 Å². The van der Waals surface area contributed by atoms with Crippen molar-refractivity contribution < 1.29 is 0 Å². The summed E-state index contributed by atoms with van der Waals surface area (Å²) in [6.07, 6.45) is 0. The number of halogens is 1. The maximum Gasteiger partial charge on any atom is 0.162 e. The number of aryl methyl sites for hydroxylation is 1. The van der Waals surface area contributed by atoms with E-state index in [4.69, 9.17) is 0 Å². The number of rotatable bonds is 1. The van der Waals surface area contributed by atoms with Gasteiger partial charge in [-0.3, -0.25) is 0 Å². The molecule has 0 atom stereocenters. The van der Waals surface area contributed by atoms with E-state index in [0.717, 1.165) is 16.0 Å². The second kappa shape index (κ2) is 4.22. The highest BCUT2D eigenvalue weighted by Crippen LogP contribution is 2.26. The fourth-order valence-electron chi connectivity index (χ4n) is 1.60. The van der Waals surface area contributed by atoms with Gasteiger partial charge >= 0.3 is 0 Å². The Labute approximate surface area is 109 Å². The average molecular weight is 295 g/mol. The lowest BCUT2D eigenvalue weighted by Gasteiger charge is -2.17. The number of tetrazole rings is 1. The number of hydrogen-bond acceptors (Lipinski definition) is 3. The summed E-state index contributed by atoms with van der Waals surface area (Å²) in [5.74, 6) is 0.849. The van der Waals surface area contributed by atoms with Crippen LogP contribution in [0.2, 0.25) is 0 Å². The van der Waals surface area contributed by atoms with Crippen molar-refractivity contribution >= 4 is 15.9 Å². The lowest BCUT2D eigenvalue weighted by atomic mass is 9.96. The van der Waals surface area contributed by atoms with Crippen molar-refractivity contribution in [2.75, 3.05) is 0 Å². The van der Waals surface area contributed by atoms with Gasteiger partial charge in [0.15, 0.2) is 5.82 Å². The quantitative estimate of drug-likeness (QED) is 0.812. The normalized spacial score (nSPS) is 11.8. The fourth-order valence-corrected chi connectivity index (χ4v) is 2.26. The molecule has 4 nitrogen and oxygen atoms in total. The minimum Gasteiger partial charge on any atom is -0.196 e. The Balaban J connectivity index is 2.58. The van der Waals surface area contributed by atoms with E-state index in [1.807, 2.05) is 12.1 Å². The summed E-state index contributed by atoms with van der Waals surface area (Å²) < 4.78 is 2.78. The highest BCUT2D eigenvalue weighted by Gasteiger charge is 2.23. The molecule has 0 saturated heterocycles. The van der Waals surface area contributed by atoms with Gasteiger partial charge in [0, 0.05) is 9.89 Å². The largest absolute Gasteiger partial charge is 0.196 e. The molecule has 1 heterocycles. The lowest BCUT2D eigenvalue weighted by molar-refractivity contribution is 0.525. The third kappa shape index (κ3) is 2.39. The molecule has 1 aromatic heterocycles. The van der Waals surface area contributed by atoms with Gasteiger partial charge in [-0.15, -0.1) is 5.10 Å². The van der Waals surface area contributed by atoms with Crippen LogP contribution in [0, 0.1) is 6.92 Å². The molecule has 0 fully saturated rings. The van der Waals surface area contributed by atoms with E-state index in [9.17, 15) is 0 Å². The third-order valence-electron chi connectivity index (χ3n) is 2.47. The Bertz CT molecular complexity index is 540. The molecule has 0 spiro atoms. The van der Waals surface area contributed by atoms with Gasteiger partial charge in [0.25, 0.3) is 0 Å². The summed E-state index contributed by atoms with van der Waals surface area (Å²) in [7, 11) is 0. The topological polar surface area (TPSA) is 43.6 Å². The Morgan fingerprint density at radius 3 is 2.53 bits per heavy atom. The van der Waals surface area contributed by atoms with Crippen LogP contribution >= 0.6 is 15.9 Å². The van der Waals surface area contributed by atoms with E-state index >= 15 is 0 Å². The Kier molecular flexibility index (Phi) is 3.03. The lowest BCUT2D eigenvalue weighted by Crippen LogP contribution is -2.19. The molecule has 5 heteroatoms. The van der Waals surface area contributed by atoms with Crippen molar-refractivity contribution in [2.45, 2.75) is 33.1 Å². The van der Waals surface area contributed by atoms with Crippen molar-refractivity contribution in [3.8, 4) is 5.69 Å². The zero-order chi connectivity index (χ0) is 12.6. The van der Waals surface area contributed by atoms with Crippen LogP contribution in [-0.4, -0.2) is 20.2 Å². The summed E-state index contributed by atoms with van der Waals surface area (Å²) in [5.41, 5.74) is 2.07. The second-order valence-electron chi connectivity index (χ2n) is 5.12. The first-order valence-corrected chi connectivity index (χ1v) is 6.24. The van der Waals surface area contributed by atoms with Crippen molar-refractivity contribution in [1.82, 2.24) is 20.2 Å². The predicted molar refractivity (Wildman–Crippen MR) is 70.3 cm³/mol. The summed E-state index contributed by atoms with van der Waals surface area (Å²) in [5, 5.41) is 11.9. The zero-order valence-electron chi connectivity index (χ0n) is 10.4. The van der Waals surface area contributed by atoms with Gasteiger partial charge in [-0.05, 0) is 51.0 Å². The smallest absolute Gasteiger partial charge is 0.162 e. The molecule has 0 amide bonds. The first kappa shape index (κ1) is 12.2. The molecule has 2 aromatic rings. The first-order valence-electron chi connectivity index (χ1n) is 5.45. The highest BCUT2D eigenvalue weighted by molar-refractivity contribution is 9.10. The van der Waals surface area contributed by atoms with Crippen LogP contribution in [0.15, 0.2) is 22.7 Å². The molecule has 0 aliphatic carbocycles.